The lowest BCUT2D eigenvalue weighted by atomic mass is 10.1. The molecule has 0 aliphatic rings. The van der Waals surface area contributed by atoms with Gasteiger partial charge in [-0.1, -0.05) is 42.5 Å². The van der Waals surface area contributed by atoms with Gasteiger partial charge in [-0.15, -0.1) is 0 Å². The van der Waals surface area contributed by atoms with Crippen molar-refractivity contribution in [3.63, 3.8) is 0 Å². The predicted octanol–water partition coefficient (Wildman–Crippen LogP) is 1.76. The molecule has 2 rings (SSSR count). The molecule has 2 aromatic carbocycles. The monoisotopic (exact) mass is 349 g/mol. The Kier molecular flexibility index (Phi) is 5.94. The average molecular weight is 349 g/mol. The Morgan fingerprint density at radius 2 is 1.67 bits per heavy atom. The number of rotatable bonds is 7. The van der Waals surface area contributed by atoms with Gasteiger partial charge in [-0.25, -0.2) is 8.42 Å². The van der Waals surface area contributed by atoms with Crippen molar-refractivity contribution in [2.45, 2.75) is 17.4 Å². The smallest absolute Gasteiger partial charge is 0.324 e. The number of carbonyl (C=O) groups is 1. The van der Waals surface area contributed by atoms with Crippen molar-refractivity contribution in [2.75, 3.05) is 14.2 Å². The number of hydrogen-bond acceptors (Lipinski definition) is 5. The Hall–Kier alpha value is -2.38. The van der Waals surface area contributed by atoms with Crippen LogP contribution in [0, 0.1) is 0 Å². The second-order valence-corrected chi connectivity index (χ2v) is 6.72. The molecular weight excluding hydrogens is 330 g/mol. The summed E-state index contributed by atoms with van der Waals surface area (Å²) in [6, 6.07) is 14.3. The average Bonchev–Trinajstić information content (AvgIpc) is 2.61. The molecule has 2 aromatic rings. The zero-order valence-corrected chi connectivity index (χ0v) is 14.2. The van der Waals surface area contributed by atoms with Crippen molar-refractivity contribution < 1.29 is 22.7 Å². The van der Waals surface area contributed by atoms with Crippen molar-refractivity contribution in [3.05, 3.63) is 60.2 Å². The number of ether oxygens (including phenoxy) is 2. The van der Waals surface area contributed by atoms with Gasteiger partial charge in [-0.3, -0.25) is 4.79 Å². The standard InChI is InChI=1S/C17H19NO5S/c1-22-15-10-6-7-11-16(15)24(20,21)18-14(17(19)23-2)12-13-8-4-3-5-9-13/h3-11,14,18H,12H2,1-2H3. The van der Waals surface area contributed by atoms with E-state index in [4.69, 9.17) is 9.47 Å². The van der Waals surface area contributed by atoms with Gasteiger partial charge in [0.25, 0.3) is 0 Å². The highest BCUT2D eigenvalue weighted by Gasteiger charge is 2.28. The molecule has 128 valence electrons. The molecular formula is C17H19NO5S. The molecule has 0 radical (unpaired) electrons. The number of benzene rings is 2. The second kappa shape index (κ2) is 7.94. The van der Waals surface area contributed by atoms with Crippen molar-refractivity contribution in [1.29, 1.82) is 0 Å². The molecule has 0 saturated carbocycles. The maximum atomic E-state index is 12.6. The van der Waals surface area contributed by atoms with E-state index in [1.165, 1.54) is 20.3 Å². The third-order valence-electron chi connectivity index (χ3n) is 3.42. The summed E-state index contributed by atoms with van der Waals surface area (Å²) in [5.41, 5.74) is 0.815. The Balaban J connectivity index is 2.29. The van der Waals surface area contributed by atoms with Gasteiger partial charge in [0.15, 0.2) is 0 Å². The number of para-hydroxylation sites is 1. The summed E-state index contributed by atoms with van der Waals surface area (Å²) in [6.07, 6.45) is 0.182. The van der Waals surface area contributed by atoms with E-state index in [2.05, 4.69) is 4.72 Å². The normalized spacial score (nSPS) is 12.4. The topological polar surface area (TPSA) is 81.7 Å². The fourth-order valence-electron chi connectivity index (χ4n) is 2.26. The molecule has 0 aliphatic heterocycles. The minimum atomic E-state index is -3.95. The lowest BCUT2D eigenvalue weighted by Crippen LogP contribution is -2.43. The van der Waals surface area contributed by atoms with Crippen LogP contribution in [0.4, 0.5) is 0 Å². The van der Waals surface area contributed by atoms with Crippen LogP contribution in [0.5, 0.6) is 5.75 Å². The number of esters is 1. The molecule has 6 nitrogen and oxygen atoms in total. The summed E-state index contributed by atoms with van der Waals surface area (Å²) >= 11 is 0. The molecule has 0 bridgehead atoms. The Bertz CT molecular complexity index is 790. The summed E-state index contributed by atoms with van der Waals surface area (Å²) in [5, 5.41) is 0. The van der Waals surface area contributed by atoms with E-state index in [-0.39, 0.29) is 17.1 Å². The van der Waals surface area contributed by atoms with Crippen LogP contribution in [0.2, 0.25) is 0 Å². The maximum Gasteiger partial charge on any atom is 0.324 e. The summed E-state index contributed by atoms with van der Waals surface area (Å²) in [5.74, 6) is -0.453. The molecule has 1 atom stereocenters. The van der Waals surface area contributed by atoms with Crippen LogP contribution in [0.25, 0.3) is 0 Å². The number of nitrogens with one attached hydrogen (secondary N) is 1. The minimum Gasteiger partial charge on any atom is -0.495 e. The van der Waals surface area contributed by atoms with E-state index in [9.17, 15) is 13.2 Å². The first kappa shape index (κ1) is 18.0. The summed E-state index contributed by atoms with van der Waals surface area (Å²) < 4.78 is 37.5. The van der Waals surface area contributed by atoms with E-state index >= 15 is 0 Å². The van der Waals surface area contributed by atoms with Crippen LogP contribution in [0.1, 0.15) is 5.56 Å². The zero-order valence-electron chi connectivity index (χ0n) is 13.4. The first-order valence-corrected chi connectivity index (χ1v) is 8.73. The van der Waals surface area contributed by atoms with Crippen molar-refractivity contribution >= 4 is 16.0 Å². The SMILES string of the molecule is COC(=O)C(Cc1ccccc1)NS(=O)(=O)c1ccccc1OC. The molecule has 24 heavy (non-hydrogen) atoms. The van der Waals surface area contributed by atoms with E-state index in [0.29, 0.717) is 0 Å². The Morgan fingerprint density at radius 1 is 1.04 bits per heavy atom. The fourth-order valence-corrected chi connectivity index (χ4v) is 3.61. The highest BCUT2D eigenvalue weighted by molar-refractivity contribution is 7.89. The van der Waals surface area contributed by atoms with Gasteiger partial charge in [-0.2, -0.15) is 4.72 Å². The van der Waals surface area contributed by atoms with Crippen LogP contribution in [-0.4, -0.2) is 34.6 Å². The van der Waals surface area contributed by atoms with Gasteiger partial charge >= 0.3 is 5.97 Å². The summed E-state index contributed by atoms with van der Waals surface area (Å²) in [6.45, 7) is 0. The maximum absolute atomic E-state index is 12.6. The second-order valence-electron chi connectivity index (χ2n) is 5.04. The van der Waals surface area contributed by atoms with Crippen LogP contribution in [0.15, 0.2) is 59.5 Å². The van der Waals surface area contributed by atoms with Crippen LogP contribution in [-0.2, 0) is 26.0 Å². The number of methoxy groups -OCH3 is 2. The van der Waals surface area contributed by atoms with Crippen LogP contribution >= 0.6 is 0 Å². The molecule has 0 saturated heterocycles. The van der Waals surface area contributed by atoms with Crippen molar-refractivity contribution in [1.82, 2.24) is 4.72 Å². The van der Waals surface area contributed by atoms with E-state index in [1.54, 1.807) is 18.2 Å². The first-order valence-electron chi connectivity index (χ1n) is 7.25. The first-order chi connectivity index (χ1) is 11.5. The van der Waals surface area contributed by atoms with Gasteiger partial charge in [0.1, 0.15) is 16.7 Å². The highest BCUT2D eigenvalue weighted by Crippen LogP contribution is 2.23. The van der Waals surface area contributed by atoms with Gasteiger partial charge < -0.3 is 9.47 Å². The lowest BCUT2D eigenvalue weighted by molar-refractivity contribution is -0.142. The fraction of sp³-hybridized carbons (Fsp3) is 0.235. The number of carbonyl (C=O) groups excluding carboxylic acids is 1. The number of sulfonamides is 1. The quantitative estimate of drug-likeness (QED) is 0.770. The van der Waals surface area contributed by atoms with Crippen molar-refractivity contribution in [3.8, 4) is 5.75 Å². The molecule has 0 spiro atoms. The molecule has 0 fully saturated rings. The summed E-state index contributed by atoms with van der Waals surface area (Å²) in [4.78, 5) is 12.0. The van der Waals surface area contributed by atoms with Gasteiger partial charge in [-0.05, 0) is 24.1 Å². The molecule has 0 aliphatic carbocycles. The Morgan fingerprint density at radius 3 is 2.29 bits per heavy atom. The van der Waals surface area contributed by atoms with E-state index < -0.39 is 22.0 Å². The zero-order chi connectivity index (χ0) is 17.6. The molecule has 1 N–H and O–H groups in total. The Labute approximate surface area is 141 Å². The molecule has 7 heteroatoms. The number of hydrogen-bond donors (Lipinski definition) is 1. The third-order valence-corrected chi connectivity index (χ3v) is 4.94. The summed E-state index contributed by atoms with van der Waals surface area (Å²) in [7, 11) is -1.35. The predicted molar refractivity (Wildman–Crippen MR) is 89.3 cm³/mol. The van der Waals surface area contributed by atoms with Crippen LogP contribution < -0.4 is 9.46 Å². The molecule has 0 amide bonds. The van der Waals surface area contributed by atoms with Gasteiger partial charge in [0.2, 0.25) is 10.0 Å². The molecule has 0 aromatic heterocycles. The lowest BCUT2D eigenvalue weighted by Gasteiger charge is -2.18. The minimum absolute atomic E-state index is 0.0329. The largest absolute Gasteiger partial charge is 0.495 e. The molecule has 1 unspecified atom stereocenters. The third kappa shape index (κ3) is 4.33. The highest BCUT2D eigenvalue weighted by atomic mass is 32.2. The molecule has 0 heterocycles. The van der Waals surface area contributed by atoms with Crippen LogP contribution in [0.3, 0.4) is 0 Å². The van der Waals surface area contributed by atoms with Gasteiger partial charge in [0.05, 0.1) is 14.2 Å². The van der Waals surface area contributed by atoms with E-state index in [0.717, 1.165) is 5.56 Å². The van der Waals surface area contributed by atoms with E-state index in [1.807, 2.05) is 30.3 Å². The van der Waals surface area contributed by atoms with Crippen molar-refractivity contribution in [2.24, 2.45) is 0 Å². The van der Waals surface area contributed by atoms with Gasteiger partial charge in [0, 0.05) is 0 Å².